The minimum atomic E-state index is -0.616. The van der Waals surface area contributed by atoms with Gasteiger partial charge in [0.1, 0.15) is 28.9 Å². The molecule has 2 aromatic carbocycles. The van der Waals surface area contributed by atoms with E-state index in [0.29, 0.717) is 34.1 Å². The van der Waals surface area contributed by atoms with Crippen molar-refractivity contribution in [2.24, 2.45) is 5.92 Å². The summed E-state index contributed by atoms with van der Waals surface area (Å²) in [7, 11) is 3.13. The molecule has 1 aliphatic carbocycles. The molecule has 30 heavy (non-hydrogen) atoms. The normalized spacial score (nSPS) is 16.6. The molecule has 1 unspecified atom stereocenters. The van der Waals surface area contributed by atoms with E-state index < -0.39 is 17.9 Å². The van der Waals surface area contributed by atoms with Crippen LogP contribution >= 0.6 is 0 Å². The molecule has 0 aromatic heterocycles. The maximum absolute atomic E-state index is 12.6. The molecule has 0 radical (unpaired) electrons. The molecular weight excluding hydrogens is 384 g/mol. The van der Waals surface area contributed by atoms with Crippen LogP contribution in [-0.4, -0.2) is 26.2 Å². The van der Waals surface area contributed by atoms with Gasteiger partial charge in [-0.3, -0.25) is 4.79 Å². The molecule has 0 heterocycles. The second kappa shape index (κ2) is 9.60. The molecule has 0 fully saturated rings. The minimum Gasteiger partial charge on any atom is -0.497 e. The highest BCUT2D eigenvalue weighted by atomic mass is 16.5. The predicted octanol–water partition coefficient (Wildman–Crippen LogP) is 4.27. The average molecular weight is 406 g/mol. The highest BCUT2D eigenvalue weighted by Gasteiger charge is 2.26. The topological polar surface area (TPSA) is 71.1 Å². The standard InChI is InChI=1S/C24H22O6/c1-4-16-15-17(23(25)29-20-10-6-18(27-2)7-11-20)5-14-22(16)24(26)30-21-12-8-19(28-3)9-13-21/h4-15,22H,1-3H3. The zero-order valence-corrected chi connectivity index (χ0v) is 17.0. The molecule has 0 bridgehead atoms. The largest absolute Gasteiger partial charge is 0.497 e. The van der Waals surface area contributed by atoms with Crippen LogP contribution in [0.2, 0.25) is 0 Å². The Kier molecular flexibility index (Phi) is 6.70. The Balaban J connectivity index is 1.67. The third kappa shape index (κ3) is 4.97. The Morgan fingerprint density at radius 2 is 1.30 bits per heavy atom. The summed E-state index contributed by atoms with van der Waals surface area (Å²) in [5.74, 6) is 0.581. The molecule has 154 valence electrons. The fraction of sp³-hybridized carbons (Fsp3) is 0.167. The number of methoxy groups -OCH3 is 2. The van der Waals surface area contributed by atoms with E-state index in [0.717, 1.165) is 0 Å². The Labute approximate surface area is 175 Å². The number of hydrogen-bond acceptors (Lipinski definition) is 6. The number of ether oxygens (including phenoxy) is 4. The summed E-state index contributed by atoms with van der Waals surface area (Å²) in [5.41, 5.74) is 0.991. The van der Waals surface area contributed by atoms with E-state index in [2.05, 4.69) is 0 Å². The summed E-state index contributed by atoms with van der Waals surface area (Å²) in [6.07, 6.45) is 6.60. The van der Waals surface area contributed by atoms with Crippen LogP contribution in [0, 0.1) is 5.92 Å². The Morgan fingerprint density at radius 1 is 0.800 bits per heavy atom. The van der Waals surface area contributed by atoms with Gasteiger partial charge in [0.25, 0.3) is 0 Å². The SMILES string of the molecule is CC=C1C=C(C(=O)Oc2ccc(OC)cc2)C=CC1C(=O)Oc1ccc(OC)cc1. The van der Waals surface area contributed by atoms with Gasteiger partial charge in [-0.1, -0.05) is 18.2 Å². The first kappa shape index (κ1) is 20.9. The zero-order chi connectivity index (χ0) is 21.5. The summed E-state index contributed by atoms with van der Waals surface area (Å²) in [6, 6.07) is 13.4. The van der Waals surface area contributed by atoms with Crippen LogP contribution in [0.25, 0.3) is 0 Å². The van der Waals surface area contributed by atoms with Gasteiger partial charge in [-0.15, -0.1) is 0 Å². The predicted molar refractivity (Wildman–Crippen MR) is 112 cm³/mol. The maximum atomic E-state index is 12.6. The summed E-state index contributed by atoms with van der Waals surface area (Å²) in [4.78, 5) is 25.1. The van der Waals surface area contributed by atoms with Crippen molar-refractivity contribution in [1.29, 1.82) is 0 Å². The number of benzene rings is 2. The van der Waals surface area contributed by atoms with Crippen molar-refractivity contribution in [2.45, 2.75) is 6.92 Å². The van der Waals surface area contributed by atoms with Gasteiger partial charge in [-0.2, -0.15) is 0 Å². The Hall–Kier alpha value is -3.80. The van der Waals surface area contributed by atoms with Crippen molar-refractivity contribution in [3.05, 3.63) is 84.0 Å². The molecular formula is C24H22O6. The van der Waals surface area contributed by atoms with E-state index in [9.17, 15) is 9.59 Å². The van der Waals surface area contributed by atoms with Gasteiger partial charge in [0.2, 0.25) is 0 Å². The lowest BCUT2D eigenvalue weighted by Crippen LogP contribution is -2.23. The average Bonchev–Trinajstić information content (AvgIpc) is 2.79. The molecule has 0 amide bonds. The van der Waals surface area contributed by atoms with Crippen molar-refractivity contribution in [2.75, 3.05) is 14.2 Å². The van der Waals surface area contributed by atoms with Gasteiger partial charge in [0.05, 0.1) is 19.8 Å². The van der Waals surface area contributed by atoms with E-state index in [1.54, 1.807) is 94.0 Å². The number of allylic oxidation sites excluding steroid dienone is 2. The highest BCUT2D eigenvalue weighted by Crippen LogP contribution is 2.27. The third-order valence-corrected chi connectivity index (χ3v) is 4.52. The van der Waals surface area contributed by atoms with Crippen molar-refractivity contribution in [1.82, 2.24) is 0 Å². The van der Waals surface area contributed by atoms with Gasteiger partial charge >= 0.3 is 11.9 Å². The molecule has 0 saturated carbocycles. The lowest BCUT2D eigenvalue weighted by Gasteiger charge is -2.18. The van der Waals surface area contributed by atoms with Gasteiger partial charge in [0, 0.05) is 0 Å². The number of esters is 2. The maximum Gasteiger partial charge on any atom is 0.343 e. The smallest absolute Gasteiger partial charge is 0.343 e. The highest BCUT2D eigenvalue weighted by molar-refractivity contribution is 5.95. The fourth-order valence-corrected chi connectivity index (χ4v) is 2.87. The first-order valence-electron chi connectivity index (χ1n) is 9.32. The Bertz CT molecular complexity index is 997. The summed E-state index contributed by atoms with van der Waals surface area (Å²) < 4.78 is 21.0. The molecule has 6 nitrogen and oxygen atoms in total. The summed E-state index contributed by atoms with van der Waals surface area (Å²) in [6.45, 7) is 1.80. The second-order valence-electron chi connectivity index (χ2n) is 6.39. The van der Waals surface area contributed by atoms with E-state index in [-0.39, 0.29) is 0 Å². The third-order valence-electron chi connectivity index (χ3n) is 4.52. The van der Waals surface area contributed by atoms with Crippen LogP contribution in [0.1, 0.15) is 6.92 Å². The van der Waals surface area contributed by atoms with Gasteiger partial charge in [-0.05, 0) is 67.1 Å². The number of carbonyl (C=O) groups excluding carboxylic acids is 2. The van der Waals surface area contributed by atoms with E-state index >= 15 is 0 Å². The summed E-state index contributed by atoms with van der Waals surface area (Å²) in [5, 5.41) is 0. The molecule has 1 aliphatic rings. The van der Waals surface area contributed by atoms with Crippen molar-refractivity contribution in [3.8, 4) is 23.0 Å². The Morgan fingerprint density at radius 3 is 1.80 bits per heavy atom. The van der Waals surface area contributed by atoms with Gasteiger partial charge in [-0.25, -0.2) is 4.79 Å². The first-order valence-corrected chi connectivity index (χ1v) is 9.32. The van der Waals surface area contributed by atoms with Crippen LogP contribution in [-0.2, 0) is 9.59 Å². The second-order valence-corrected chi connectivity index (χ2v) is 6.39. The van der Waals surface area contributed by atoms with Crippen LogP contribution in [0.4, 0.5) is 0 Å². The van der Waals surface area contributed by atoms with Crippen LogP contribution in [0.3, 0.4) is 0 Å². The molecule has 0 aliphatic heterocycles. The molecule has 2 aromatic rings. The van der Waals surface area contributed by atoms with Crippen LogP contribution in [0.15, 0.2) is 84.0 Å². The monoisotopic (exact) mass is 406 g/mol. The number of carbonyl (C=O) groups is 2. The number of hydrogen-bond donors (Lipinski definition) is 0. The van der Waals surface area contributed by atoms with Crippen molar-refractivity contribution in [3.63, 3.8) is 0 Å². The molecule has 1 atom stereocenters. The molecule has 0 saturated heterocycles. The molecule has 0 N–H and O–H groups in total. The van der Waals surface area contributed by atoms with E-state index in [1.807, 2.05) is 0 Å². The van der Waals surface area contributed by atoms with Crippen LogP contribution in [0.5, 0.6) is 23.0 Å². The lowest BCUT2D eigenvalue weighted by atomic mass is 9.91. The van der Waals surface area contributed by atoms with Gasteiger partial charge < -0.3 is 18.9 Å². The minimum absolute atomic E-state index is 0.340. The lowest BCUT2D eigenvalue weighted by molar-refractivity contribution is -0.136. The van der Waals surface area contributed by atoms with Crippen molar-refractivity contribution >= 4 is 11.9 Å². The quantitative estimate of drug-likeness (QED) is 0.527. The van der Waals surface area contributed by atoms with E-state index in [1.165, 1.54) is 0 Å². The van der Waals surface area contributed by atoms with Gasteiger partial charge in [0.15, 0.2) is 0 Å². The van der Waals surface area contributed by atoms with Crippen LogP contribution < -0.4 is 18.9 Å². The molecule has 6 heteroatoms. The fourth-order valence-electron chi connectivity index (χ4n) is 2.87. The van der Waals surface area contributed by atoms with Crippen molar-refractivity contribution < 1.29 is 28.5 Å². The zero-order valence-electron chi connectivity index (χ0n) is 17.0. The first-order chi connectivity index (χ1) is 14.5. The van der Waals surface area contributed by atoms with E-state index in [4.69, 9.17) is 18.9 Å². The number of rotatable bonds is 6. The molecule has 3 rings (SSSR count). The molecule has 0 spiro atoms. The summed E-state index contributed by atoms with van der Waals surface area (Å²) >= 11 is 0.